The number of rotatable bonds is 6. The van der Waals surface area contributed by atoms with E-state index in [4.69, 9.17) is 4.74 Å². The molecular weight excluding hydrogens is 344 g/mol. The normalized spacial score (nSPS) is 16.6. The fourth-order valence-corrected chi connectivity index (χ4v) is 4.85. The van der Waals surface area contributed by atoms with Crippen molar-refractivity contribution in [1.82, 2.24) is 9.88 Å². The first-order valence-electron chi connectivity index (χ1n) is 11.0. The average molecular weight is 375 g/mol. The summed E-state index contributed by atoms with van der Waals surface area (Å²) >= 11 is 0. The van der Waals surface area contributed by atoms with Crippen LogP contribution in [0.3, 0.4) is 0 Å². The van der Waals surface area contributed by atoms with Gasteiger partial charge in [-0.15, -0.1) is 0 Å². The van der Waals surface area contributed by atoms with E-state index in [0.29, 0.717) is 0 Å². The van der Waals surface area contributed by atoms with Crippen molar-refractivity contribution in [2.75, 3.05) is 26.2 Å². The molecule has 0 spiro atoms. The molecule has 0 saturated carbocycles. The highest BCUT2D eigenvalue weighted by Gasteiger charge is 2.20. The zero-order chi connectivity index (χ0) is 18.8. The number of hydrogen-bond acceptors (Lipinski definition) is 2. The molecule has 0 radical (unpaired) electrons. The maximum absolute atomic E-state index is 6.07. The predicted molar refractivity (Wildman–Crippen MR) is 116 cm³/mol. The van der Waals surface area contributed by atoms with Gasteiger partial charge < -0.3 is 14.6 Å². The van der Waals surface area contributed by atoms with Gasteiger partial charge in [0.15, 0.2) is 0 Å². The Morgan fingerprint density at radius 2 is 1.86 bits per heavy atom. The molecule has 0 atom stereocenters. The number of aromatic amines is 1. The van der Waals surface area contributed by atoms with Gasteiger partial charge in [-0.25, -0.2) is 0 Å². The number of hydrogen-bond donors (Lipinski definition) is 1. The van der Waals surface area contributed by atoms with Gasteiger partial charge in [-0.05, 0) is 81.1 Å². The SMILES string of the molecule is c1ccc2c3c([nH]c2c1)-c1cc(CCCCCN2CCCC2)ccc1OCC3. The third-order valence-corrected chi connectivity index (χ3v) is 6.38. The van der Waals surface area contributed by atoms with Gasteiger partial charge in [-0.3, -0.25) is 0 Å². The van der Waals surface area contributed by atoms with Gasteiger partial charge in [-0.1, -0.05) is 30.7 Å². The molecule has 0 bridgehead atoms. The van der Waals surface area contributed by atoms with Gasteiger partial charge in [0.1, 0.15) is 5.75 Å². The van der Waals surface area contributed by atoms with Crippen LogP contribution in [-0.4, -0.2) is 36.1 Å². The van der Waals surface area contributed by atoms with Crippen LogP contribution in [0.25, 0.3) is 22.2 Å². The molecule has 146 valence electrons. The molecule has 0 unspecified atom stereocenters. The lowest BCUT2D eigenvalue weighted by atomic mass is 9.99. The second-order valence-corrected chi connectivity index (χ2v) is 8.31. The van der Waals surface area contributed by atoms with Crippen molar-refractivity contribution in [3.05, 3.63) is 53.6 Å². The molecule has 1 saturated heterocycles. The highest BCUT2D eigenvalue weighted by atomic mass is 16.5. The third-order valence-electron chi connectivity index (χ3n) is 6.38. The minimum absolute atomic E-state index is 0.748. The van der Waals surface area contributed by atoms with E-state index in [-0.39, 0.29) is 0 Å². The van der Waals surface area contributed by atoms with E-state index >= 15 is 0 Å². The van der Waals surface area contributed by atoms with E-state index in [9.17, 15) is 0 Å². The maximum atomic E-state index is 6.07. The Morgan fingerprint density at radius 3 is 2.79 bits per heavy atom. The van der Waals surface area contributed by atoms with Gasteiger partial charge in [0.2, 0.25) is 0 Å². The minimum atomic E-state index is 0.748. The summed E-state index contributed by atoms with van der Waals surface area (Å²) in [6.07, 6.45) is 8.83. The zero-order valence-corrected chi connectivity index (χ0v) is 16.7. The van der Waals surface area contributed by atoms with Crippen LogP contribution in [0.1, 0.15) is 43.2 Å². The van der Waals surface area contributed by atoms with E-state index < -0.39 is 0 Å². The molecule has 2 aliphatic heterocycles. The summed E-state index contributed by atoms with van der Waals surface area (Å²) in [6, 6.07) is 15.4. The molecule has 0 amide bonds. The molecule has 1 N–H and O–H groups in total. The second-order valence-electron chi connectivity index (χ2n) is 8.31. The van der Waals surface area contributed by atoms with E-state index in [1.54, 1.807) is 0 Å². The molecule has 3 aromatic rings. The minimum Gasteiger partial charge on any atom is -0.493 e. The number of likely N-dealkylation sites (tertiary alicyclic amines) is 1. The Hall–Kier alpha value is -2.26. The summed E-state index contributed by atoms with van der Waals surface area (Å²) in [6.45, 7) is 4.67. The summed E-state index contributed by atoms with van der Waals surface area (Å²) in [5.74, 6) is 1.02. The molecule has 2 aliphatic rings. The molecule has 0 aliphatic carbocycles. The number of fused-ring (bicyclic) bond motifs is 5. The fourth-order valence-electron chi connectivity index (χ4n) is 4.85. The van der Waals surface area contributed by atoms with Gasteiger partial charge in [0.05, 0.1) is 12.3 Å². The van der Waals surface area contributed by atoms with Crippen LogP contribution >= 0.6 is 0 Å². The standard InChI is InChI=1S/C25H30N2O/c1(5-14-27-15-6-7-16-27)2-8-19-11-12-24-22(18-19)25-21(13-17-28-24)20-9-3-4-10-23(20)26-25/h3-4,9-12,18,26H,1-2,5-8,13-17H2. The number of benzene rings is 2. The highest BCUT2D eigenvalue weighted by molar-refractivity contribution is 5.92. The lowest BCUT2D eigenvalue weighted by Gasteiger charge is -2.14. The van der Waals surface area contributed by atoms with E-state index in [1.165, 1.54) is 85.0 Å². The van der Waals surface area contributed by atoms with Gasteiger partial charge in [0, 0.05) is 22.9 Å². The molecule has 1 fully saturated rings. The number of ether oxygens (including phenoxy) is 1. The lowest BCUT2D eigenvalue weighted by molar-refractivity contribution is 0.326. The van der Waals surface area contributed by atoms with Gasteiger partial charge >= 0.3 is 0 Å². The van der Waals surface area contributed by atoms with Crippen LogP contribution in [-0.2, 0) is 12.8 Å². The quantitative estimate of drug-likeness (QED) is 0.571. The number of para-hydroxylation sites is 1. The third kappa shape index (κ3) is 3.56. The number of nitrogens with one attached hydrogen (secondary N) is 1. The Balaban J connectivity index is 1.30. The molecule has 3 heteroatoms. The zero-order valence-electron chi connectivity index (χ0n) is 16.7. The van der Waals surface area contributed by atoms with Crippen LogP contribution < -0.4 is 4.74 Å². The molecule has 28 heavy (non-hydrogen) atoms. The Morgan fingerprint density at radius 1 is 0.964 bits per heavy atom. The van der Waals surface area contributed by atoms with Crippen LogP contribution in [0.15, 0.2) is 42.5 Å². The Kier molecular flexibility index (Phi) is 5.09. The van der Waals surface area contributed by atoms with E-state index in [1.807, 2.05) is 0 Å². The summed E-state index contributed by atoms with van der Waals surface area (Å²) in [4.78, 5) is 6.28. The van der Waals surface area contributed by atoms with Crippen molar-refractivity contribution < 1.29 is 4.74 Å². The highest BCUT2D eigenvalue weighted by Crippen LogP contribution is 2.39. The first-order valence-corrected chi connectivity index (χ1v) is 11.0. The molecular formula is C25H30N2O. The summed E-state index contributed by atoms with van der Waals surface area (Å²) in [5, 5.41) is 1.33. The summed E-state index contributed by atoms with van der Waals surface area (Å²) < 4.78 is 6.07. The van der Waals surface area contributed by atoms with Crippen molar-refractivity contribution in [3.63, 3.8) is 0 Å². The summed E-state index contributed by atoms with van der Waals surface area (Å²) in [7, 11) is 0. The van der Waals surface area contributed by atoms with Crippen molar-refractivity contribution >= 4 is 10.9 Å². The van der Waals surface area contributed by atoms with Crippen molar-refractivity contribution in [2.24, 2.45) is 0 Å². The molecule has 5 rings (SSSR count). The average Bonchev–Trinajstić information content (AvgIpc) is 3.33. The topological polar surface area (TPSA) is 28.3 Å². The Labute approximate surface area is 167 Å². The fraction of sp³-hybridized carbons (Fsp3) is 0.440. The molecule has 1 aromatic heterocycles. The first-order chi connectivity index (χ1) is 13.9. The predicted octanol–water partition coefficient (Wildman–Crippen LogP) is 5.58. The van der Waals surface area contributed by atoms with Crippen LogP contribution in [0.4, 0.5) is 0 Å². The number of nitrogens with zero attached hydrogens (tertiary/aromatic N) is 1. The van der Waals surface area contributed by atoms with Crippen LogP contribution in [0.2, 0.25) is 0 Å². The molecule has 3 nitrogen and oxygen atoms in total. The van der Waals surface area contributed by atoms with Crippen molar-refractivity contribution in [1.29, 1.82) is 0 Å². The number of aryl methyl sites for hydroxylation is 1. The van der Waals surface area contributed by atoms with Crippen LogP contribution in [0, 0.1) is 0 Å². The van der Waals surface area contributed by atoms with Gasteiger partial charge in [-0.2, -0.15) is 0 Å². The molecule has 2 aromatic carbocycles. The number of H-pyrrole nitrogens is 1. The first kappa shape index (κ1) is 17.8. The second kappa shape index (κ2) is 8.00. The van der Waals surface area contributed by atoms with Gasteiger partial charge in [0.25, 0.3) is 0 Å². The van der Waals surface area contributed by atoms with Crippen molar-refractivity contribution in [2.45, 2.75) is 44.9 Å². The maximum Gasteiger partial charge on any atom is 0.128 e. The lowest BCUT2D eigenvalue weighted by Crippen LogP contribution is -2.20. The van der Waals surface area contributed by atoms with Crippen LogP contribution in [0.5, 0.6) is 5.75 Å². The number of unbranched alkanes of at least 4 members (excludes halogenated alkanes) is 2. The van der Waals surface area contributed by atoms with E-state index in [0.717, 1.165) is 25.2 Å². The number of aromatic nitrogens is 1. The molecule has 3 heterocycles. The Bertz CT molecular complexity index is 952. The van der Waals surface area contributed by atoms with E-state index in [2.05, 4.69) is 52.3 Å². The van der Waals surface area contributed by atoms with Crippen molar-refractivity contribution in [3.8, 4) is 17.0 Å². The largest absolute Gasteiger partial charge is 0.493 e. The summed E-state index contributed by atoms with van der Waals surface area (Å²) in [5.41, 5.74) is 6.54. The monoisotopic (exact) mass is 374 g/mol. The smallest absolute Gasteiger partial charge is 0.128 e.